The van der Waals surface area contributed by atoms with Crippen LogP contribution in [0.3, 0.4) is 0 Å². The molecule has 0 heterocycles. The summed E-state index contributed by atoms with van der Waals surface area (Å²) in [6, 6.07) is 0. The molecule has 5 heteroatoms. The van der Waals surface area contributed by atoms with Gasteiger partial charge in [-0.25, -0.2) is 0 Å². The Morgan fingerprint density at radius 2 is 1.65 bits per heavy atom. The van der Waals surface area contributed by atoms with Crippen LogP contribution in [-0.2, 0) is 4.79 Å². The van der Waals surface area contributed by atoms with Gasteiger partial charge in [-0.1, -0.05) is 26.0 Å². The number of hydrogen-bond donors (Lipinski definition) is 4. The zero-order valence-corrected chi connectivity index (χ0v) is 15.9. The molecule has 4 aliphatic rings. The Kier molecular flexibility index (Phi) is 4.03. The molecule has 3 saturated carbocycles. The Morgan fingerprint density at radius 3 is 2.31 bits per heavy atom. The number of fused-ring (bicyclic) bond motifs is 5. The minimum Gasteiger partial charge on any atom is -0.390 e. The zero-order chi connectivity index (χ0) is 19.1. The third-order valence-corrected chi connectivity index (χ3v) is 8.99. The highest BCUT2D eigenvalue weighted by Crippen LogP contribution is 2.67. The van der Waals surface area contributed by atoms with Gasteiger partial charge < -0.3 is 20.4 Å². The van der Waals surface area contributed by atoms with Gasteiger partial charge in [-0.3, -0.25) is 4.79 Å². The largest absolute Gasteiger partial charge is 0.390 e. The molecule has 0 radical (unpaired) electrons. The number of carbonyl (C=O) groups excluding carboxylic acids is 1. The van der Waals surface area contributed by atoms with Crippen molar-refractivity contribution in [1.29, 1.82) is 0 Å². The lowest BCUT2D eigenvalue weighted by Crippen LogP contribution is -2.65. The van der Waals surface area contributed by atoms with E-state index < -0.39 is 29.3 Å². The van der Waals surface area contributed by atoms with E-state index >= 15 is 0 Å². The highest BCUT2D eigenvalue weighted by atomic mass is 16.3. The van der Waals surface area contributed by atoms with E-state index in [4.69, 9.17) is 0 Å². The van der Waals surface area contributed by atoms with E-state index in [1.165, 1.54) is 6.92 Å². The van der Waals surface area contributed by atoms with Gasteiger partial charge in [0.25, 0.3) is 0 Å². The summed E-state index contributed by atoms with van der Waals surface area (Å²) in [5.74, 6) is -0.300. The second-order valence-electron chi connectivity index (χ2n) is 9.82. The monoisotopic (exact) mass is 364 g/mol. The van der Waals surface area contributed by atoms with E-state index in [0.717, 1.165) is 12.8 Å². The van der Waals surface area contributed by atoms with Crippen molar-refractivity contribution in [3.05, 3.63) is 12.2 Å². The Labute approximate surface area is 155 Å². The molecule has 10 atom stereocenters. The van der Waals surface area contributed by atoms with Crippen LogP contribution in [0.15, 0.2) is 12.2 Å². The number of allylic oxidation sites excluding steroid dienone is 1. The summed E-state index contributed by atoms with van der Waals surface area (Å²) in [6.45, 7) is 5.60. The molecular formula is C21H32O5. The molecule has 0 amide bonds. The Hall–Kier alpha value is -0.750. The van der Waals surface area contributed by atoms with Gasteiger partial charge in [-0.2, -0.15) is 0 Å². The average molecular weight is 364 g/mol. The average Bonchev–Trinajstić information content (AvgIpc) is 2.87. The molecule has 0 spiro atoms. The Bertz CT molecular complexity index is 646. The van der Waals surface area contributed by atoms with Gasteiger partial charge in [-0.05, 0) is 68.1 Å². The van der Waals surface area contributed by atoms with Crippen molar-refractivity contribution in [3.63, 3.8) is 0 Å². The fraction of sp³-hybridized carbons (Fsp3) is 0.857. The predicted molar refractivity (Wildman–Crippen MR) is 96.1 cm³/mol. The Balaban J connectivity index is 1.77. The maximum atomic E-state index is 12.3. The minimum absolute atomic E-state index is 0.0119. The van der Waals surface area contributed by atoms with Gasteiger partial charge in [0.2, 0.25) is 0 Å². The van der Waals surface area contributed by atoms with Gasteiger partial charge in [0.15, 0.2) is 5.78 Å². The number of Topliss-reactive ketones (excluding diaryl/α,β-unsaturated/α-hetero) is 1. The fourth-order valence-corrected chi connectivity index (χ4v) is 7.40. The first-order valence-electron chi connectivity index (χ1n) is 10.0. The number of aliphatic hydroxyl groups is 4. The van der Waals surface area contributed by atoms with Crippen LogP contribution in [0.1, 0.15) is 52.9 Å². The topological polar surface area (TPSA) is 98.0 Å². The van der Waals surface area contributed by atoms with Gasteiger partial charge in [-0.15, -0.1) is 0 Å². The van der Waals surface area contributed by atoms with Crippen molar-refractivity contribution in [1.82, 2.24) is 0 Å². The maximum Gasteiger partial charge on any atom is 0.161 e. The molecule has 0 aliphatic heterocycles. The van der Waals surface area contributed by atoms with E-state index in [9.17, 15) is 25.2 Å². The van der Waals surface area contributed by atoms with Crippen molar-refractivity contribution in [2.45, 2.75) is 76.8 Å². The first kappa shape index (κ1) is 18.6. The summed E-state index contributed by atoms with van der Waals surface area (Å²) in [6.07, 6.45) is 4.68. The van der Waals surface area contributed by atoms with Crippen LogP contribution < -0.4 is 0 Å². The van der Waals surface area contributed by atoms with E-state index in [1.807, 2.05) is 19.1 Å². The van der Waals surface area contributed by atoms with Crippen molar-refractivity contribution >= 4 is 5.78 Å². The maximum absolute atomic E-state index is 12.3. The van der Waals surface area contributed by atoms with Gasteiger partial charge in [0.05, 0.1) is 18.3 Å². The van der Waals surface area contributed by atoms with E-state index in [1.54, 1.807) is 0 Å². The highest BCUT2D eigenvalue weighted by Gasteiger charge is 2.68. The third-order valence-electron chi connectivity index (χ3n) is 8.99. The van der Waals surface area contributed by atoms with Gasteiger partial charge in [0.1, 0.15) is 5.60 Å². The third kappa shape index (κ3) is 2.09. The molecule has 4 N–H and O–H groups in total. The number of ketones is 1. The molecule has 0 aromatic carbocycles. The zero-order valence-electron chi connectivity index (χ0n) is 15.9. The second-order valence-corrected chi connectivity index (χ2v) is 9.82. The lowest BCUT2D eigenvalue weighted by molar-refractivity contribution is -0.210. The molecule has 0 aromatic heterocycles. The normalized spacial score (nSPS) is 58.7. The summed E-state index contributed by atoms with van der Waals surface area (Å²) >= 11 is 0. The Morgan fingerprint density at radius 1 is 1.00 bits per heavy atom. The number of hydrogen-bond acceptors (Lipinski definition) is 5. The van der Waals surface area contributed by atoms with Gasteiger partial charge in [0, 0.05) is 5.41 Å². The number of carbonyl (C=O) groups is 1. The van der Waals surface area contributed by atoms with Crippen LogP contribution in [0.5, 0.6) is 0 Å². The molecule has 0 bridgehead atoms. The van der Waals surface area contributed by atoms with Crippen molar-refractivity contribution in [3.8, 4) is 0 Å². The van der Waals surface area contributed by atoms with Crippen LogP contribution in [0, 0.1) is 34.5 Å². The number of rotatable bonds is 1. The molecule has 4 aliphatic carbocycles. The van der Waals surface area contributed by atoms with Crippen LogP contribution >= 0.6 is 0 Å². The van der Waals surface area contributed by atoms with E-state index in [-0.39, 0.29) is 34.9 Å². The lowest BCUT2D eigenvalue weighted by Gasteiger charge is -2.62. The van der Waals surface area contributed by atoms with E-state index in [2.05, 4.69) is 6.92 Å². The summed E-state index contributed by atoms with van der Waals surface area (Å²) in [7, 11) is 0. The standard InChI is InChI=1S/C21H32O5/c1-11(22)21(26)9-6-14-16-13(5-8-20(14,21)3)19(2)7-4-12(23)10-15(19)17(24)18(16)25/h4,7,12-18,23-26H,5-6,8-10H2,1-3H3/t12-,13-,14-,15?,16+,17-,18-,19+,20-,21-/m0/s1. The number of aliphatic hydroxyl groups excluding tert-OH is 3. The molecule has 4 rings (SSSR count). The molecular weight excluding hydrogens is 332 g/mol. The van der Waals surface area contributed by atoms with Crippen LogP contribution in [0.25, 0.3) is 0 Å². The predicted octanol–water partition coefficient (Wildman–Crippen LogP) is 1.43. The smallest absolute Gasteiger partial charge is 0.161 e. The molecule has 1 unspecified atom stereocenters. The van der Waals surface area contributed by atoms with Crippen molar-refractivity contribution < 1.29 is 25.2 Å². The fourth-order valence-electron chi connectivity index (χ4n) is 7.40. The first-order chi connectivity index (χ1) is 12.1. The molecule has 0 saturated heterocycles. The van der Waals surface area contributed by atoms with E-state index in [0.29, 0.717) is 19.3 Å². The first-order valence-corrected chi connectivity index (χ1v) is 10.0. The SMILES string of the molecule is CC(=O)[C@@]1(O)CC[C@H]2[C@@H]3[C@H](O)[C@@H](O)C4C[C@@H](O)C=C[C@]4(C)[C@H]3CC[C@@]21C. The highest BCUT2D eigenvalue weighted by molar-refractivity contribution is 5.86. The molecule has 3 fully saturated rings. The molecule has 146 valence electrons. The molecule has 26 heavy (non-hydrogen) atoms. The molecule has 5 nitrogen and oxygen atoms in total. The second kappa shape index (κ2) is 5.63. The summed E-state index contributed by atoms with van der Waals surface area (Å²) in [4.78, 5) is 12.3. The van der Waals surface area contributed by atoms with Crippen LogP contribution in [0.2, 0.25) is 0 Å². The van der Waals surface area contributed by atoms with Crippen molar-refractivity contribution in [2.24, 2.45) is 34.5 Å². The van der Waals surface area contributed by atoms with Crippen molar-refractivity contribution in [2.75, 3.05) is 0 Å². The quantitative estimate of drug-likeness (QED) is 0.528. The van der Waals surface area contributed by atoms with Crippen LogP contribution in [0.4, 0.5) is 0 Å². The summed E-state index contributed by atoms with van der Waals surface area (Å²) in [5.41, 5.74) is -2.16. The summed E-state index contributed by atoms with van der Waals surface area (Å²) in [5, 5.41) is 43.2. The minimum atomic E-state index is -1.33. The molecule has 0 aromatic rings. The summed E-state index contributed by atoms with van der Waals surface area (Å²) < 4.78 is 0. The lowest BCUT2D eigenvalue weighted by atomic mass is 9.44. The van der Waals surface area contributed by atoms with Gasteiger partial charge >= 0.3 is 0 Å². The van der Waals surface area contributed by atoms with Crippen LogP contribution in [-0.4, -0.2) is 50.1 Å².